The molecule has 0 spiro atoms. The summed E-state index contributed by atoms with van der Waals surface area (Å²) in [5.74, 6) is 0. The van der Waals surface area contributed by atoms with E-state index in [0.717, 1.165) is 22.0 Å². The quantitative estimate of drug-likeness (QED) is 0.386. The van der Waals surface area contributed by atoms with Crippen LogP contribution >= 0.6 is 11.3 Å². The minimum Gasteiger partial charge on any atom is -0.364 e. The van der Waals surface area contributed by atoms with Crippen molar-refractivity contribution in [2.75, 3.05) is 13.1 Å². The zero-order valence-electron chi connectivity index (χ0n) is 18.1. The summed E-state index contributed by atoms with van der Waals surface area (Å²) in [4.78, 5) is 9.57. The van der Waals surface area contributed by atoms with Crippen molar-refractivity contribution < 1.29 is 4.21 Å². The summed E-state index contributed by atoms with van der Waals surface area (Å²) in [7, 11) is -1.27. The fourth-order valence-corrected chi connectivity index (χ4v) is 6.06. The number of allylic oxidation sites excluding steroid dienone is 3. The van der Waals surface area contributed by atoms with Crippen molar-refractivity contribution in [3.05, 3.63) is 108 Å². The number of imidazole rings is 1. The molecule has 3 heterocycles. The second-order valence-corrected chi connectivity index (χ2v) is 10.3. The zero-order valence-corrected chi connectivity index (χ0v) is 19.8. The van der Waals surface area contributed by atoms with Gasteiger partial charge in [-0.3, -0.25) is 0 Å². The van der Waals surface area contributed by atoms with Crippen LogP contribution in [0, 0.1) is 11.3 Å². The van der Waals surface area contributed by atoms with Gasteiger partial charge in [-0.15, -0.1) is 11.3 Å². The summed E-state index contributed by atoms with van der Waals surface area (Å²) in [6.07, 6.45) is 9.97. The van der Waals surface area contributed by atoms with Crippen molar-refractivity contribution in [2.24, 2.45) is 0 Å². The third-order valence-corrected chi connectivity index (χ3v) is 8.12. The predicted octanol–water partition coefficient (Wildman–Crippen LogP) is 4.44. The third kappa shape index (κ3) is 5.96. The maximum absolute atomic E-state index is 13.6. The van der Waals surface area contributed by atoms with E-state index in [4.69, 9.17) is 5.26 Å². The monoisotopic (exact) mass is 475 g/mol. The molecule has 0 saturated heterocycles. The molecule has 1 aliphatic heterocycles. The number of hydrogen-bond donors (Lipinski definition) is 1. The minimum absolute atomic E-state index is 0.0135. The molecule has 0 amide bonds. The molecule has 2 aromatic heterocycles. The predicted molar refractivity (Wildman–Crippen MR) is 132 cm³/mol. The van der Waals surface area contributed by atoms with Gasteiger partial charge in [0.15, 0.2) is 0 Å². The fraction of sp³-hybridized carbons (Fsp3) is 0.200. The summed E-state index contributed by atoms with van der Waals surface area (Å²) in [5.41, 5.74) is 3.54. The van der Waals surface area contributed by atoms with E-state index in [0.29, 0.717) is 25.2 Å². The number of nitrogens with one attached hydrogen (secondary N) is 1. The molecule has 0 aliphatic carbocycles. The molecule has 1 aromatic carbocycles. The highest BCUT2D eigenvalue weighted by molar-refractivity contribution is 7.85. The average Bonchev–Trinajstić information content (AvgIpc) is 3.52. The topological polar surface area (TPSA) is 76.0 Å². The van der Waals surface area contributed by atoms with E-state index in [1.165, 1.54) is 16.9 Å². The number of rotatable bonds is 8. The van der Waals surface area contributed by atoms with Crippen molar-refractivity contribution in [2.45, 2.75) is 23.2 Å². The molecule has 1 aliphatic rings. The van der Waals surface area contributed by atoms with Gasteiger partial charge in [-0.1, -0.05) is 43.0 Å². The summed E-state index contributed by atoms with van der Waals surface area (Å²) in [6.45, 7) is 5.58. The van der Waals surface area contributed by atoms with Crippen molar-refractivity contribution in [3.8, 4) is 6.07 Å². The van der Waals surface area contributed by atoms with E-state index in [1.807, 2.05) is 48.0 Å². The maximum atomic E-state index is 13.6. The van der Waals surface area contributed by atoms with Crippen LogP contribution in [0.4, 0.5) is 0 Å². The Labute approximate surface area is 200 Å². The van der Waals surface area contributed by atoms with Crippen molar-refractivity contribution in [3.63, 3.8) is 0 Å². The third-order valence-electron chi connectivity index (χ3n) is 5.39. The second-order valence-electron chi connectivity index (χ2n) is 7.68. The zero-order chi connectivity index (χ0) is 23.0. The van der Waals surface area contributed by atoms with Gasteiger partial charge in [0.25, 0.3) is 0 Å². The second kappa shape index (κ2) is 11.1. The molecule has 2 atom stereocenters. The van der Waals surface area contributed by atoms with E-state index in [9.17, 15) is 4.21 Å². The highest BCUT2D eigenvalue weighted by Crippen LogP contribution is 2.26. The Kier molecular flexibility index (Phi) is 7.68. The number of nitriles is 1. The molecule has 0 fully saturated rings. The lowest BCUT2D eigenvalue weighted by Gasteiger charge is -2.32. The highest BCUT2D eigenvalue weighted by atomic mass is 32.2. The molecule has 33 heavy (non-hydrogen) atoms. The van der Waals surface area contributed by atoms with Gasteiger partial charge in [0.1, 0.15) is 15.2 Å². The van der Waals surface area contributed by atoms with Gasteiger partial charge in [0.2, 0.25) is 0 Å². The molecule has 1 unspecified atom stereocenters. The smallest absolute Gasteiger partial charge is 0.138 e. The average molecular weight is 476 g/mol. The van der Waals surface area contributed by atoms with Gasteiger partial charge in [0.05, 0.1) is 24.6 Å². The van der Waals surface area contributed by atoms with Crippen LogP contribution in [0.3, 0.4) is 0 Å². The first kappa shape index (κ1) is 22.9. The molecular formula is C25H25N5OS2. The lowest BCUT2D eigenvalue weighted by molar-refractivity contribution is 0.259. The molecule has 6 nitrogen and oxygen atoms in total. The SMILES string of the molecule is C=C(C#N)/C=C\C1=CCN(S(=O)c2cccs2)[C@H](Cc2ccccc2)CN1Cc1cnc[nH]1. The number of H-pyrrole nitrogens is 1. The number of aromatic nitrogens is 2. The first-order valence-corrected chi connectivity index (χ1v) is 12.6. The Morgan fingerprint density at radius 1 is 1.33 bits per heavy atom. The van der Waals surface area contributed by atoms with Gasteiger partial charge in [-0.25, -0.2) is 13.5 Å². The molecule has 168 valence electrons. The van der Waals surface area contributed by atoms with Crippen LogP contribution in [0.15, 0.2) is 101 Å². The van der Waals surface area contributed by atoms with Gasteiger partial charge < -0.3 is 9.88 Å². The van der Waals surface area contributed by atoms with E-state index in [1.54, 1.807) is 12.4 Å². The standard InChI is InChI=1S/C25H25N5OS2/c1-20(15-26)9-10-23-11-12-30(33(31)25-8-5-13-32-25)24(14-21-6-3-2-4-7-21)18-29(23)17-22-16-27-19-28-22/h2-11,13,16,19,24H,1,12,14,17-18H2,(H,27,28)/b10-9-/t24-,33?/m1/s1. The lowest BCUT2D eigenvalue weighted by atomic mass is 10.1. The van der Waals surface area contributed by atoms with Gasteiger partial charge in [-0.05, 0) is 41.7 Å². The van der Waals surface area contributed by atoms with E-state index < -0.39 is 11.0 Å². The van der Waals surface area contributed by atoms with Gasteiger partial charge >= 0.3 is 0 Å². The number of benzene rings is 1. The van der Waals surface area contributed by atoms with Gasteiger partial charge in [-0.2, -0.15) is 5.26 Å². The van der Waals surface area contributed by atoms with Crippen LogP contribution < -0.4 is 0 Å². The van der Waals surface area contributed by atoms with Crippen LogP contribution in [-0.4, -0.2) is 42.5 Å². The fourth-order valence-electron chi connectivity index (χ4n) is 3.78. The minimum atomic E-state index is -1.27. The Balaban J connectivity index is 1.68. The van der Waals surface area contributed by atoms with Crippen molar-refractivity contribution >= 4 is 22.3 Å². The largest absolute Gasteiger partial charge is 0.364 e. The Morgan fingerprint density at radius 2 is 2.18 bits per heavy atom. The Bertz CT molecular complexity index is 1180. The molecule has 1 N–H and O–H groups in total. The first-order chi connectivity index (χ1) is 16.1. The normalized spacial score (nSPS) is 18.0. The van der Waals surface area contributed by atoms with Gasteiger partial charge in [0, 0.05) is 36.6 Å². The molecule has 8 heteroatoms. The molecule has 4 rings (SSSR count). The van der Waals surface area contributed by atoms with Crippen molar-refractivity contribution in [1.29, 1.82) is 5.26 Å². The molecule has 0 radical (unpaired) electrons. The number of hydrogen-bond acceptors (Lipinski definition) is 5. The molecule has 3 aromatic rings. The first-order valence-electron chi connectivity index (χ1n) is 10.6. The molecule has 0 bridgehead atoms. The van der Waals surface area contributed by atoms with E-state index >= 15 is 0 Å². The Hall–Kier alpha value is -3.25. The summed E-state index contributed by atoms with van der Waals surface area (Å²) < 4.78 is 16.5. The summed E-state index contributed by atoms with van der Waals surface area (Å²) in [6, 6.07) is 16.2. The summed E-state index contributed by atoms with van der Waals surface area (Å²) >= 11 is 1.51. The maximum Gasteiger partial charge on any atom is 0.138 e. The van der Waals surface area contributed by atoms with Crippen molar-refractivity contribution in [1.82, 2.24) is 19.2 Å². The van der Waals surface area contributed by atoms with Crippen LogP contribution in [0.2, 0.25) is 0 Å². The van der Waals surface area contributed by atoms with E-state index in [-0.39, 0.29) is 6.04 Å². The van der Waals surface area contributed by atoms with Crippen LogP contribution in [0.25, 0.3) is 0 Å². The summed E-state index contributed by atoms with van der Waals surface area (Å²) in [5, 5.41) is 11.1. The number of nitrogens with zero attached hydrogens (tertiary/aromatic N) is 4. The Morgan fingerprint density at radius 3 is 2.88 bits per heavy atom. The molecule has 0 saturated carbocycles. The van der Waals surface area contributed by atoms with Crippen LogP contribution in [0.1, 0.15) is 11.3 Å². The van der Waals surface area contributed by atoms with E-state index in [2.05, 4.69) is 50.0 Å². The number of thiophene rings is 1. The highest BCUT2D eigenvalue weighted by Gasteiger charge is 2.30. The number of aromatic amines is 1. The molecular weight excluding hydrogens is 450 g/mol. The van der Waals surface area contributed by atoms with Crippen LogP contribution in [-0.2, 0) is 24.0 Å². The lowest BCUT2D eigenvalue weighted by Crippen LogP contribution is -2.43. The van der Waals surface area contributed by atoms with Crippen LogP contribution in [0.5, 0.6) is 0 Å².